The maximum Gasteiger partial charge on any atom is 0.161 e. The summed E-state index contributed by atoms with van der Waals surface area (Å²) >= 11 is 0. The van der Waals surface area contributed by atoms with Crippen molar-refractivity contribution in [3.63, 3.8) is 0 Å². The third-order valence-corrected chi connectivity index (χ3v) is 5.95. The van der Waals surface area contributed by atoms with Crippen molar-refractivity contribution in [2.24, 2.45) is 11.3 Å². The molecule has 1 N–H and O–H groups in total. The van der Waals surface area contributed by atoms with Crippen LogP contribution >= 0.6 is 0 Å². The monoisotopic (exact) mass is 416 g/mol. The van der Waals surface area contributed by atoms with E-state index in [0.717, 1.165) is 23.2 Å². The summed E-state index contributed by atoms with van der Waals surface area (Å²) in [6, 6.07) is 16.0. The maximum atomic E-state index is 13.1. The molecule has 2 aromatic carbocycles. The van der Waals surface area contributed by atoms with Crippen LogP contribution in [0.25, 0.3) is 0 Å². The van der Waals surface area contributed by atoms with Gasteiger partial charge in [0.1, 0.15) is 18.2 Å². The fraction of sp³-hybridized carbons (Fsp3) is 0.308. The number of ether oxygens (including phenoxy) is 1. The first kappa shape index (κ1) is 20.9. The number of allylic oxidation sites excluding steroid dienone is 3. The SMILES string of the molecule is C=C1NC2=C(C(=O)CC(C)(C)C2)C(c2ccc(OCc3ccc(F)cc3)cc2)C1C#N. The molecule has 158 valence electrons. The van der Waals surface area contributed by atoms with E-state index in [-0.39, 0.29) is 22.9 Å². The zero-order chi connectivity index (χ0) is 22.2. The molecule has 1 aliphatic heterocycles. The number of hydrogen-bond donors (Lipinski definition) is 1. The number of Topliss-reactive ketones (excluding diaryl/α,β-unsaturated/α-hetero) is 1. The fourth-order valence-electron chi connectivity index (χ4n) is 4.48. The van der Waals surface area contributed by atoms with Crippen LogP contribution in [0.4, 0.5) is 4.39 Å². The summed E-state index contributed by atoms with van der Waals surface area (Å²) in [6.45, 7) is 8.55. The van der Waals surface area contributed by atoms with Gasteiger partial charge in [-0.25, -0.2) is 4.39 Å². The Hall–Kier alpha value is -3.39. The van der Waals surface area contributed by atoms with E-state index in [9.17, 15) is 14.4 Å². The maximum absolute atomic E-state index is 13.1. The molecule has 1 aliphatic carbocycles. The van der Waals surface area contributed by atoms with Crippen molar-refractivity contribution in [3.8, 4) is 11.8 Å². The van der Waals surface area contributed by atoms with Crippen LogP contribution in [0.5, 0.6) is 5.75 Å². The molecule has 0 spiro atoms. The van der Waals surface area contributed by atoms with E-state index >= 15 is 0 Å². The third-order valence-electron chi connectivity index (χ3n) is 5.95. The number of carbonyl (C=O) groups excluding carboxylic acids is 1. The Balaban J connectivity index is 1.60. The highest BCUT2D eigenvalue weighted by Crippen LogP contribution is 2.47. The van der Waals surface area contributed by atoms with Crippen LogP contribution in [0.15, 0.2) is 72.1 Å². The van der Waals surface area contributed by atoms with Gasteiger partial charge in [0.25, 0.3) is 0 Å². The number of benzene rings is 2. The summed E-state index contributed by atoms with van der Waals surface area (Å²) < 4.78 is 18.9. The second-order valence-electron chi connectivity index (χ2n) is 9.05. The Kier molecular flexibility index (Phi) is 5.41. The van der Waals surface area contributed by atoms with E-state index in [4.69, 9.17) is 4.74 Å². The highest BCUT2D eigenvalue weighted by atomic mass is 19.1. The number of rotatable bonds is 4. The predicted molar refractivity (Wildman–Crippen MR) is 116 cm³/mol. The molecule has 31 heavy (non-hydrogen) atoms. The molecule has 2 aliphatic rings. The zero-order valence-corrected chi connectivity index (χ0v) is 17.7. The molecular formula is C26H25FN2O2. The van der Waals surface area contributed by atoms with E-state index in [2.05, 4.69) is 31.8 Å². The number of nitriles is 1. The molecule has 4 nitrogen and oxygen atoms in total. The molecule has 0 aromatic heterocycles. The Morgan fingerprint density at radius 3 is 2.48 bits per heavy atom. The van der Waals surface area contributed by atoms with Crippen molar-refractivity contribution in [3.05, 3.63) is 89.0 Å². The van der Waals surface area contributed by atoms with Crippen LogP contribution in [0, 0.1) is 28.5 Å². The molecule has 2 unspecified atom stereocenters. The second-order valence-corrected chi connectivity index (χ2v) is 9.05. The van der Waals surface area contributed by atoms with Crippen LogP contribution in [0.2, 0.25) is 0 Å². The van der Waals surface area contributed by atoms with E-state index in [1.165, 1.54) is 12.1 Å². The predicted octanol–water partition coefficient (Wildman–Crippen LogP) is 5.39. The van der Waals surface area contributed by atoms with E-state index in [1.54, 1.807) is 12.1 Å². The van der Waals surface area contributed by atoms with Crippen molar-refractivity contribution < 1.29 is 13.9 Å². The molecule has 1 heterocycles. The number of nitrogens with zero attached hydrogens (tertiary/aromatic N) is 1. The van der Waals surface area contributed by atoms with Crippen LogP contribution < -0.4 is 10.1 Å². The smallest absolute Gasteiger partial charge is 0.161 e. The fourth-order valence-corrected chi connectivity index (χ4v) is 4.48. The second kappa shape index (κ2) is 8.03. The van der Waals surface area contributed by atoms with Gasteiger partial charge in [0.05, 0.1) is 12.0 Å². The molecule has 2 atom stereocenters. The number of nitrogens with one attached hydrogen (secondary N) is 1. The van der Waals surface area contributed by atoms with Crippen molar-refractivity contribution in [1.82, 2.24) is 5.32 Å². The first-order chi connectivity index (χ1) is 14.8. The number of ketones is 1. The van der Waals surface area contributed by atoms with E-state index in [0.29, 0.717) is 30.0 Å². The normalized spacial score (nSPS) is 22.4. The molecular weight excluding hydrogens is 391 g/mol. The van der Waals surface area contributed by atoms with Crippen LogP contribution in [0.1, 0.15) is 43.7 Å². The van der Waals surface area contributed by atoms with Gasteiger partial charge in [-0.2, -0.15) is 5.26 Å². The van der Waals surface area contributed by atoms with Gasteiger partial charge in [-0.05, 0) is 47.2 Å². The molecule has 0 amide bonds. The van der Waals surface area contributed by atoms with Gasteiger partial charge in [0.2, 0.25) is 0 Å². The minimum atomic E-state index is -0.519. The lowest BCUT2D eigenvalue weighted by Gasteiger charge is -2.41. The van der Waals surface area contributed by atoms with Gasteiger partial charge in [-0.1, -0.05) is 44.7 Å². The van der Waals surface area contributed by atoms with E-state index < -0.39 is 5.92 Å². The average molecular weight is 416 g/mol. The lowest BCUT2D eigenvalue weighted by Crippen LogP contribution is -2.40. The van der Waals surface area contributed by atoms with Gasteiger partial charge < -0.3 is 10.1 Å². The van der Waals surface area contributed by atoms with Crippen LogP contribution in [0.3, 0.4) is 0 Å². The van der Waals surface area contributed by atoms with Gasteiger partial charge in [0, 0.05) is 29.3 Å². The molecule has 0 fully saturated rings. The minimum Gasteiger partial charge on any atom is -0.489 e. The molecule has 2 aromatic rings. The van der Waals surface area contributed by atoms with Gasteiger partial charge >= 0.3 is 0 Å². The summed E-state index contributed by atoms with van der Waals surface area (Å²) in [6.07, 6.45) is 1.22. The van der Waals surface area contributed by atoms with Gasteiger partial charge in [-0.3, -0.25) is 4.79 Å². The summed E-state index contributed by atoms with van der Waals surface area (Å²) in [5, 5.41) is 13.1. The Bertz CT molecular complexity index is 1090. The van der Waals surface area contributed by atoms with Crippen molar-refractivity contribution >= 4 is 5.78 Å². The quantitative estimate of drug-likeness (QED) is 0.726. The van der Waals surface area contributed by atoms with Gasteiger partial charge in [-0.15, -0.1) is 0 Å². The zero-order valence-electron chi connectivity index (χ0n) is 17.7. The Labute approximate surface area is 182 Å². The molecule has 4 rings (SSSR count). The first-order valence-electron chi connectivity index (χ1n) is 10.4. The lowest BCUT2D eigenvalue weighted by molar-refractivity contribution is -0.118. The van der Waals surface area contributed by atoms with E-state index in [1.807, 2.05) is 24.3 Å². The Morgan fingerprint density at radius 1 is 1.16 bits per heavy atom. The van der Waals surface area contributed by atoms with Crippen molar-refractivity contribution in [2.75, 3.05) is 0 Å². The molecule has 0 saturated heterocycles. The summed E-state index contributed by atoms with van der Waals surface area (Å²) in [5.41, 5.74) is 3.87. The highest BCUT2D eigenvalue weighted by molar-refractivity contribution is 5.99. The summed E-state index contributed by atoms with van der Waals surface area (Å²) in [4.78, 5) is 13.1. The largest absolute Gasteiger partial charge is 0.489 e. The molecule has 0 radical (unpaired) electrons. The molecule has 0 bridgehead atoms. The topological polar surface area (TPSA) is 62.1 Å². The number of hydrogen-bond acceptors (Lipinski definition) is 4. The number of halogens is 1. The average Bonchev–Trinajstić information content (AvgIpc) is 2.72. The molecule has 0 saturated carbocycles. The number of carbonyl (C=O) groups is 1. The highest BCUT2D eigenvalue weighted by Gasteiger charge is 2.43. The standard InChI is InChI=1S/C26H25FN2O2/c1-16-21(14-28)24(25-22(29-16)12-26(2,3)13-23(25)30)18-6-10-20(11-7-18)31-15-17-4-8-19(27)9-5-17/h4-11,21,24,29H,1,12-13,15H2,2-3H3. The summed E-state index contributed by atoms with van der Waals surface area (Å²) in [7, 11) is 0. The molecule has 5 heteroatoms. The van der Waals surface area contributed by atoms with Crippen LogP contribution in [-0.2, 0) is 11.4 Å². The minimum absolute atomic E-state index is 0.0909. The van der Waals surface area contributed by atoms with Gasteiger partial charge in [0.15, 0.2) is 5.78 Å². The lowest BCUT2D eigenvalue weighted by atomic mass is 9.67. The van der Waals surface area contributed by atoms with Crippen molar-refractivity contribution in [2.45, 2.75) is 39.2 Å². The Morgan fingerprint density at radius 2 is 1.84 bits per heavy atom. The van der Waals surface area contributed by atoms with Crippen molar-refractivity contribution in [1.29, 1.82) is 5.26 Å². The van der Waals surface area contributed by atoms with Crippen LogP contribution in [-0.4, -0.2) is 5.78 Å². The third kappa shape index (κ3) is 4.25. The summed E-state index contributed by atoms with van der Waals surface area (Å²) in [5.74, 6) is -0.385. The first-order valence-corrected chi connectivity index (χ1v) is 10.4.